The maximum absolute atomic E-state index is 13.0. The van der Waals surface area contributed by atoms with Gasteiger partial charge in [-0.25, -0.2) is 9.18 Å². The first kappa shape index (κ1) is 22.2. The van der Waals surface area contributed by atoms with Crippen LogP contribution in [0.4, 0.5) is 9.39 Å². The van der Waals surface area contributed by atoms with Crippen LogP contribution in [-0.4, -0.2) is 25.1 Å². The van der Waals surface area contributed by atoms with E-state index in [9.17, 15) is 14.0 Å². The number of amides is 1. The molecule has 1 heterocycles. The molecule has 31 heavy (non-hydrogen) atoms. The number of halogens is 1. The van der Waals surface area contributed by atoms with Crippen molar-refractivity contribution in [3.8, 4) is 16.9 Å². The molecule has 5 nitrogen and oxygen atoms in total. The zero-order chi connectivity index (χ0) is 22.2. The van der Waals surface area contributed by atoms with E-state index in [4.69, 9.17) is 9.47 Å². The van der Waals surface area contributed by atoms with Gasteiger partial charge in [-0.15, -0.1) is 11.3 Å². The number of anilines is 1. The Kier molecular flexibility index (Phi) is 7.56. The number of nitrogens with one attached hydrogen (secondary N) is 1. The number of hydrogen-bond acceptors (Lipinski definition) is 5. The number of carbonyl (C=O) groups is 2. The second-order valence-electron chi connectivity index (χ2n) is 6.41. The Morgan fingerprint density at radius 2 is 1.74 bits per heavy atom. The van der Waals surface area contributed by atoms with Crippen LogP contribution < -0.4 is 10.1 Å². The summed E-state index contributed by atoms with van der Waals surface area (Å²) in [6.07, 6.45) is 2.90. The van der Waals surface area contributed by atoms with Gasteiger partial charge in [0.05, 0.1) is 13.2 Å². The van der Waals surface area contributed by atoms with E-state index in [1.54, 1.807) is 30.5 Å². The first-order valence-corrected chi connectivity index (χ1v) is 10.7. The molecule has 0 aliphatic rings. The van der Waals surface area contributed by atoms with Crippen molar-refractivity contribution < 1.29 is 23.5 Å². The zero-order valence-electron chi connectivity index (χ0n) is 17.2. The molecule has 0 saturated carbocycles. The number of benzene rings is 2. The lowest BCUT2D eigenvalue weighted by molar-refractivity contribution is -0.111. The SMILES string of the molecule is CCOC(=O)c1c(-c2ccc(OCC)cc2)csc1NC(=O)/C=C/c1ccc(F)cc1. The Labute approximate surface area is 184 Å². The molecule has 0 unspecified atom stereocenters. The van der Waals surface area contributed by atoms with Gasteiger partial charge in [-0.1, -0.05) is 24.3 Å². The lowest BCUT2D eigenvalue weighted by Gasteiger charge is -2.09. The van der Waals surface area contributed by atoms with Gasteiger partial charge in [0, 0.05) is 17.0 Å². The number of ether oxygens (including phenoxy) is 2. The summed E-state index contributed by atoms with van der Waals surface area (Å²) in [4.78, 5) is 25.1. The highest BCUT2D eigenvalue weighted by Crippen LogP contribution is 2.37. The molecule has 0 fully saturated rings. The van der Waals surface area contributed by atoms with Crippen molar-refractivity contribution in [1.29, 1.82) is 0 Å². The second kappa shape index (κ2) is 10.5. The topological polar surface area (TPSA) is 64.6 Å². The molecule has 1 N–H and O–H groups in total. The van der Waals surface area contributed by atoms with Crippen molar-refractivity contribution in [2.24, 2.45) is 0 Å². The molecule has 1 amide bonds. The molecule has 3 aromatic rings. The molecule has 0 spiro atoms. The van der Waals surface area contributed by atoms with Crippen LogP contribution in [0, 0.1) is 5.82 Å². The van der Waals surface area contributed by atoms with Crippen LogP contribution in [0.15, 0.2) is 60.0 Å². The zero-order valence-corrected chi connectivity index (χ0v) is 18.0. The summed E-state index contributed by atoms with van der Waals surface area (Å²) in [5.74, 6) is -0.528. The van der Waals surface area contributed by atoms with Crippen molar-refractivity contribution in [3.63, 3.8) is 0 Å². The standard InChI is InChI=1S/C24H22FNO4S/c1-3-29-19-12-8-17(9-13-19)20-15-31-23(22(20)24(28)30-4-2)26-21(27)14-7-16-5-10-18(25)11-6-16/h5-15H,3-4H2,1-2H3,(H,26,27)/b14-7+. The Morgan fingerprint density at radius 1 is 1.03 bits per heavy atom. The molecule has 0 atom stereocenters. The highest BCUT2D eigenvalue weighted by Gasteiger charge is 2.22. The summed E-state index contributed by atoms with van der Waals surface area (Å²) in [6, 6.07) is 13.1. The van der Waals surface area contributed by atoms with Gasteiger partial charge in [0.15, 0.2) is 0 Å². The summed E-state index contributed by atoms with van der Waals surface area (Å²) in [5, 5.41) is 4.95. The number of rotatable bonds is 8. The van der Waals surface area contributed by atoms with Crippen LogP contribution in [-0.2, 0) is 9.53 Å². The van der Waals surface area contributed by atoms with Crippen LogP contribution >= 0.6 is 11.3 Å². The summed E-state index contributed by atoms with van der Waals surface area (Å²) in [7, 11) is 0. The largest absolute Gasteiger partial charge is 0.494 e. The summed E-state index contributed by atoms with van der Waals surface area (Å²) in [6.45, 7) is 4.42. The third-order valence-corrected chi connectivity index (χ3v) is 5.18. The second-order valence-corrected chi connectivity index (χ2v) is 7.29. The molecule has 0 saturated heterocycles. The van der Waals surface area contributed by atoms with E-state index in [0.717, 1.165) is 11.3 Å². The Hall–Kier alpha value is -3.45. The quantitative estimate of drug-likeness (QED) is 0.357. The molecule has 2 aromatic carbocycles. The molecule has 0 aliphatic heterocycles. The lowest BCUT2D eigenvalue weighted by Crippen LogP contribution is -2.12. The molecular weight excluding hydrogens is 417 g/mol. The minimum Gasteiger partial charge on any atom is -0.494 e. The van der Waals surface area contributed by atoms with E-state index < -0.39 is 11.9 Å². The Morgan fingerprint density at radius 3 is 2.39 bits per heavy atom. The van der Waals surface area contributed by atoms with Crippen molar-refractivity contribution in [2.75, 3.05) is 18.5 Å². The fraction of sp³-hybridized carbons (Fsp3) is 0.167. The van der Waals surface area contributed by atoms with Gasteiger partial charge in [0.1, 0.15) is 22.1 Å². The lowest BCUT2D eigenvalue weighted by atomic mass is 10.0. The van der Waals surface area contributed by atoms with Crippen molar-refractivity contribution in [1.82, 2.24) is 0 Å². The maximum atomic E-state index is 13.0. The minimum absolute atomic E-state index is 0.218. The van der Waals surface area contributed by atoms with Crippen LogP contribution in [0.5, 0.6) is 5.75 Å². The molecule has 0 aliphatic carbocycles. The highest BCUT2D eigenvalue weighted by molar-refractivity contribution is 7.15. The summed E-state index contributed by atoms with van der Waals surface area (Å²) < 4.78 is 23.7. The smallest absolute Gasteiger partial charge is 0.341 e. The van der Waals surface area contributed by atoms with Crippen molar-refractivity contribution in [3.05, 3.63) is 76.9 Å². The predicted octanol–water partition coefficient (Wildman–Crippen LogP) is 5.78. The van der Waals surface area contributed by atoms with Gasteiger partial charge < -0.3 is 14.8 Å². The van der Waals surface area contributed by atoms with E-state index in [0.29, 0.717) is 28.3 Å². The van der Waals surface area contributed by atoms with Crippen molar-refractivity contribution in [2.45, 2.75) is 13.8 Å². The molecule has 160 valence electrons. The van der Waals surface area contributed by atoms with E-state index in [1.165, 1.54) is 29.5 Å². The molecule has 3 rings (SSSR count). The summed E-state index contributed by atoms with van der Waals surface area (Å²) in [5.41, 5.74) is 2.47. The van der Waals surface area contributed by atoms with Crippen LogP contribution in [0.3, 0.4) is 0 Å². The number of esters is 1. The van der Waals surface area contributed by atoms with Crippen LogP contribution in [0.1, 0.15) is 29.8 Å². The third kappa shape index (κ3) is 5.79. The maximum Gasteiger partial charge on any atom is 0.341 e. The summed E-state index contributed by atoms with van der Waals surface area (Å²) >= 11 is 1.24. The van der Waals surface area contributed by atoms with Gasteiger partial charge in [0.25, 0.3) is 0 Å². The van der Waals surface area contributed by atoms with E-state index in [1.807, 2.05) is 31.2 Å². The van der Waals surface area contributed by atoms with E-state index >= 15 is 0 Å². The fourth-order valence-electron chi connectivity index (χ4n) is 2.87. The van der Waals surface area contributed by atoms with Gasteiger partial charge in [-0.3, -0.25) is 4.79 Å². The highest BCUT2D eigenvalue weighted by atomic mass is 32.1. The monoisotopic (exact) mass is 439 g/mol. The molecule has 0 radical (unpaired) electrons. The molecule has 0 bridgehead atoms. The normalized spacial score (nSPS) is 10.8. The number of carbonyl (C=O) groups excluding carboxylic acids is 2. The Balaban J connectivity index is 1.85. The van der Waals surface area contributed by atoms with Crippen molar-refractivity contribution >= 4 is 34.3 Å². The van der Waals surface area contributed by atoms with E-state index in [2.05, 4.69) is 5.32 Å². The molecule has 1 aromatic heterocycles. The number of thiophene rings is 1. The third-order valence-electron chi connectivity index (χ3n) is 4.28. The minimum atomic E-state index is -0.509. The average molecular weight is 440 g/mol. The van der Waals surface area contributed by atoms with Gasteiger partial charge >= 0.3 is 5.97 Å². The van der Waals surface area contributed by atoms with Gasteiger partial charge in [0.2, 0.25) is 5.91 Å². The fourth-order valence-corrected chi connectivity index (χ4v) is 3.83. The van der Waals surface area contributed by atoms with E-state index in [-0.39, 0.29) is 12.4 Å². The van der Waals surface area contributed by atoms with Crippen LogP contribution in [0.25, 0.3) is 17.2 Å². The molecule has 7 heteroatoms. The van der Waals surface area contributed by atoms with Crippen LogP contribution in [0.2, 0.25) is 0 Å². The predicted molar refractivity (Wildman–Crippen MR) is 121 cm³/mol. The molecular formula is C24H22FNO4S. The first-order chi connectivity index (χ1) is 15.0. The van der Waals surface area contributed by atoms with Gasteiger partial charge in [-0.2, -0.15) is 0 Å². The first-order valence-electron chi connectivity index (χ1n) is 9.78. The van der Waals surface area contributed by atoms with Gasteiger partial charge in [-0.05, 0) is 55.3 Å². The Bertz CT molecular complexity index is 1070. The average Bonchev–Trinajstić information content (AvgIpc) is 3.18. The number of hydrogen-bond donors (Lipinski definition) is 1.